The predicted octanol–water partition coefficient (Wildman–Crippen LogP) is 3.63. The third-order valence-electron chi connectivity index (χ3n) is 3.97. The van der Waals surface area contributed by atoms with Crippen molar-refractivity contribution in [1.82, 2.24) is 5.32 Å². The van der Waals surface area contributed by atoms with Crippen LogP contribution < -0.4 is 5.32 Å². The first-order valence-electron chi connectivity index (χ1n) is 6.83. The molecule has 3 rings (SSSR count). The van der Waals surface area contributed by atoms with E-state index in [-0.39, 0.29) is 17.3 Å². The number of rotatable bonds is 3. The van der Waals surface area contributed by atoms with Crippen LogP contribution in [-0.4, -0.2) is 5.91 Å². The quantitative estimate of drug-likeness (QED) is 0.905. The Morgan fingerprint density at radius 3 is 2.40 bits per heavy atom. The third-order valence-corrected chi connectivity index (χ3v) is 3.97. The Hall–Kier alpha value is -2.16. The summed E-state index contributed by atoms with van der Waals surface area (Å²) in [5.41, 5.74) is 1.20. The van der Waals surface area contributed by atoms with E-state index >= 15 is 0 Å². The van der Waals surface area contributed by atoms with Crippen LogP contribution >= 0.6 is 0 Å². The van der Waals surface area contributed by atoms with Gasteiger partial charge >= 0.3 is 0 Å². The highest BCUT2D eigenvalue weighted by atomic mass is 19.1. The summed E-state index contributed by atoms with van der Waals surface area (Å²) in [5, 5.41) is 3.08. The Bertz CT molecular complexity index is 620. The second-order valence-electron chi connectivity index (χ2n) is 5.27. The Kier molecular flexibility index (Phi) is 3.26. The van der Waals surface area contributed by atoms with E-state index in [0.717, 1.165) is 24.8 Å². The van der Waals surface area contributed by atoms with E-state index in [1.165, 1.54) is 12.1 Å². The van der Waals surface area contributed by atoms with Crippen molar-refractivity contribution >= 4 is 5.91 Å². The molecule has 0 saturated heterocycles. The number of benzene rings is 2. The zero-order valence-electron chi connectivity index (χ0n) is 11.1. The van der Waals surface area contributed by atoms with Crippen molar-refractivity contribution in [3.05, 3.63) is 71.5 Å². The molecule has 1 aliphatic carbocycles. The number of hydrogen-bond donors (Lipinski definition) is 1. The van der Waals surface area contributed by atoms with Gasteiger partial charge in [0.1, 0.15) is 5.82 Å². The largest absolute Gasteiger partial charge is 0.343 e. The number of nitrogens with one attached hydrogen (secondary N) is 1. The second-order valence-corrected chi connectivity index (χ2v) is 5.27. The zero-order valence-corrected chi connectivity index (χ0v) is 11.1. The second kappa shape index (κ2) is 5.08. The Labute approximate surface area is 117 Å². The molecule has 3 heteroatoms. The van der Waals surface area contributed by atoms with Gasteiger partial charge in [0, 0.05) is 5.56 Å². The monoisotopic (exact) mass is 269 g/mol. The molecule has 0 aromatic heterocycles. The maximum Gasteiger partial charge on any atom is 0.252 e. The van der Waals surface area contributed by atoms with Crippen molar-refractivity contribution in [2.24, 2.45) is 0 Å². The van der Waals surface area contributed by atoms with E-state index < -0.39 is 0 Å². The summed E-state index contributed by atoms with van der Waals surface area (Å²) in [4.78, 5) is 12.3. The number of carbonyl (C=O) groups excluding carboxylic acids is 1. The summed E-state index contributed by atoms with van der Waals surface area (Å²) in [7, 11) is 0. The van der Waals surface area contributed by atoms with Crippen LogP contribution in [0.3, 0.4) is 0 Å². The number of amides is 1. The average molecular weight is 269 g/mol. The minimum Gasteiger partial charge on any atom is -0.343 e. The summed E-state index contributed by atoms with van der Waals surface area (Å²) in [6, 6.07) is 15.8. The maximum atomic E-state index is 13.2. The lowest BCUT2D eigenvalue weighted by Crippen LogP contribution is -2.50. The van der Waals surface area contributed by atoms with Crippen LogP contribution in [0, 0.1) is 5.82 Å². The van der Waals surface area contributed by atoms with Crippen LogP contribution in [-0.2, 0) is 5.54 Å². The van der Waals surface area contributed by atoms with Gasteiger partial charge in [0.05, 0.1) is 5.54 Å². The molecule has 0 unspecified atom stereocenters. The smallest absolute Gasteiger partial charge is 0.252 e. The minimum atomic E-state index is -0.389. The summed E-state index contributed by atoms with van der Waals surface area (Å²) < 4.78 is 13.2. The van der Waals surface area contributed by atoms with Gasteiger partial charge in [0.25, 0.3) is 5.91 Å². The molecule has 102 valence electrons. The zero-order chi connectivity index (χ0) is 14.0. The fourth-order valence-electron chi connectivity index (χ4n) is 2.69. The molecule has 2 nitrogen and oxygen atoms in total. The van der Waals surface area contributed by atoms with E-state index in [2.05, 4.69) is 5.32 Å². The van der Waals surface area contributed by atoms with Gasteiger partial charge in [-0.1, -0.05) is 36.4 Å². The Balaban J connectivity index is 1.84. The van der Waals surface area contributed by atoms with E-state index in [9.17, 15) is 9.18 Å². The first kappa shape index (κ1) is 12.9. The van der Waals surface area contributed by atoms with Crippen LogP contribution in [0.15, 0.2) is 54.6 Å². The molecule has 0 aliphatic heterocycles. The molecular weight excluding hydrogens is 253 g/mol. The topological polar surface area (TPSA) is 29.1 Å². The molecule has 0 spiro atoms. The lowest BCUT2D eigenvalue weighted by atomic mass is 9.71. The van der Waals surface area contributed by atoms with Gasteiger partial charge in [-0.05, 0) is 43.0 Å². The van der Waals surface area contributed by atoms with Crippen LogP contribution in [0.2, 0.25) is 0 Å². The lowest BCUT2D eigenvalue weighted by Gasteiger charge is -2.43. The molecule has 2 aromatic rings. The normalized spacial score (nSPS) is 16.2. The average Bonchev–Trinajstić information content (AvgIpc) is 2.43. The molecule has 0 radical (unpaired) electrons. The standard InChI is InChI=1S/C17H16FNO/c18-15-9-4-6-13(12-15)16(20)19-17(10-5-11-17)14-7-2-1-3-8-14/h1-4,6-9,12H,5,10-11H2,(H,19,20). The highest BCUT2D eigenvalue weighted by Gasteiger charge is 2.39. The molecule has 1 N–H and O–H groups in total. The molecule has 1 fully saturated rings. The molecule has 1 amide bonds. The van der Waals surface area contributed by atoms with E-state index in [0.29, 0.717) is 5.56 Å². The predicted molar refractivity (Wildman–Crippen MR) is 75.8 cm³/mol. The fourth-order valence-corrected chi connectivity index (χ4v) is 2.69. The van der Waals surface area contributed by atoms with Gasteiger partial charge in [-0.3, -0.25) is 4.79 Å². The molecule has 1 saturated carbocycles. The first-order valence-corrected chi connectivity index (χ1v) is 6.83. The van der Waals surface area contributed by atoms with Gasteiger partial charge in [0.2, 0.25) is 0 Å². The Morgan fingerprint density at radius 1 is 1.05 bits per heavy atom. The van der Waals surface area contributed by atoms with Crippen molar-refractivity contribution in [2.75, 3.05) is 0 Å². The SMILES string of the molecule is O=C(NC1(c2ccccc2)CCC1)c1cccc(F)c1. The minimum absolute atomic E-state index is 0.215. The molecule has 1 aliphatic rings. The van der Waals surface area contributed by atoms with E-state index in [1.54, 1.807) is 12.1 Å². The summed E-state index contributed by atoms with van der Waals surface area (Å²) in [5.74, 6) is -0.604. The lowest BCUT2D eigenvalue weighted by molar-refractivity contribution is 0.0823. The van der Waals surface area contributed by atoms with Crippen LogP contribution in [0.5, 0.6) is 0 Å². The van der Waals surface area contributed by atoms with Gasteiger partial charge in [-0.25, -0.2) is 4.39 Å². The van der Waals surface area contributed by atoms with Gasteiger partial charge in [-0.2, -0.15) is 0 Å². The highest BCUT2D eigenvalue weighted by molar-refractivity contribution is 5.94. The van der Waals surface area contributed by atoms with E-state index in [1.807, 2.05) is 30.3 Å². The number of halogens is 1. The maximum absolute atomic E-state index is 13.2. The third kappa shape index (κ3) is 2.31. The van der Waals surface area contributed by atoms with Gasteiger partial charge < -0.3 is 5.32 Å². The van der Waals surface area contributed by atoms with Crippen molar-refractivity contribution < 1.29 is 9.18 Å². The molecule has 0 atom stereocenters. The fraction of sp³-hybridized carbons (Fsp3) is 0.235. The summed E-state index contributed by atoms with van der Waals surface area (Å²) in [6.07, 6.45) is 2.95. The van der Waals surface area contributed by atoms with Crippen LogP contribution in [0.1, 0.15) is 35.2 Å². The molecular formula is C17H16FNO. The van der Waals surface area contributed by atoms with Crippen molar-refractivity contribution in [3.8, 4) is 0 Å². The number of carbonyl (C=O) groups is 1. The van der Waals surface area contributed by atoms with Crippen molar-refractivity contribution in [2.45, 2.75) is 24.8 Å². The van der Waals surface area contributed by atoms with Crippen LogP contribution in [0.4, 0.5) is 4.39 Å². The summed E-state index contributed by atoms with van der Waals surface area (Å²) >= 11 is 0. The van der Waals surface area contributed by atoms with Crippen molar-refractivity contribution in [1.29, 1.82) is 0 Å². The molecule has 20 heavy (non-hydrogen) atoms. The van der Waals surface area contributed by atoms with Gasteiger partial charge in [-0.15, -0.1) is 0 Å². The highest BCUT2D eigenvalue weighted by Crippen LogP contribution is 2.41. The molecule has 2 aromatic carbocycles. The van der Waals surface area contributed by atoms with Crippen molar-refractivity contribution in [3.63, 3.8) is 0 Å². The van der Waals surface area contributed by atoms with Crippen LogP contribution in [0.25, 0.3) is 0 Å². The molecule has 0 bridgehead atoms. The first-order chi connectivity index (χ1) is 9.70. The molecule has 0 heterocycles. The summed E-state index contributed by atoms with van der Waals surface area (Å²) in [6.45, 7) is 0. The Morgan fingerprint density at radius 2 is 1.80 bits per heavy atom. The van der Waals surface area contributed by atoms with Gasteiger partial charge in [0.15, 0.2) is 0 Å². The number of hydrogen-bond acceptors (Lipinski definition) is 1. The van der Waals surface area contributed by atoms with E-state index in [4.69, 9.17) is 0 Å².